The molecule has 0 spiro atoms. The fourth-order valence-electron chi connectivity index (χ4n) is 4.05. The fraction of sp³-hybridized carbons (Fsp3) is 0. The van der Waals surface area contributed by atoms with Crippen LogP contribution in [-0.2, 0) is 0 Å². The summed E-state index contributed by atoms with van der Waals surface area (Å²) in [4.78, 5) is 12.6. The van der Waals surface area contributed by atoms with E-state index in [9.17, 15) is 0 Å². The molecule has 3 aromatic heterocycles. The first-order valence-electron chi connectivity index (χ1n) is 11.6. The highest BCUT2D eigenvalue weighted by Gasteiger charge is 2.13. The molecule has 0 radical (unpaired) electrons. The van der Waals surface area contributed by atoms with Gasteiger partial charge in [-0.25, -0.2) is 15.0 Å². The molecule has 3 aromatic carbocycles. The number of ether oxygens (including phenoxy) is 1. The third-order valence-corrected chi connectivity index (χ3v) is 5.79. The maximum atomic E-state index is 6.08. The van der Waals surface area contributed by atoms with Gasteiger partial charge in [-0.3, -0.25) is 0 Å². The van der Waals surface area contributed by atoms with Crippen LogP contribution in [0.5, 0.6) is 11.6 Å². The Hall–Kier alpha value is -5.37. The molecule has 8 nitrogen and oxygen atoms in total. The van der Waals surface area contributed by atoms with Crippen LogP contribution in [0.25, 0.3) is 33.3 Å². The van der Waals surface area contributed by atoms with Gasteiger partial charge in [0.1, 0.15) is 11.4 Å². The topological polar surface area (TPSA) is 112 Å². The van der Waals surface area contributed by atoms with Gasteiger partial charge in [-0.1, -0.05) is 54.6 Å². The average Bonchev–Trinajstić information content (AvgIpc) is 2.95. The van der Waals surface area contributed by atoms with Crippen molar-refractivity contribution in [1.29, 1.82) is 0 Å². The molecule has 0 aliphatic rings. The molecule has 3 heterocycles. The molecule has 0 atom stereocenters. The number of nitrogen functional groups attached to an aromatic ring is 1. The molecule has 0 saturated carbocycles. The van der Waals surface area contributed by atoms with E-state index in [0.717, 1.165) is 33.3 Å². The van der Waals surface area contributed by atoms with Gasteiger partial charge in [-0.2, -0.15) is 0 Å². The molecular weight excluding hydrogens is 462 g/mol. The van der Waals surface area contributed by atoms with Crippen molar-refractivity contribution >= 4 is 28.2 Å². The van der Waals surface area contributed by atoms with Crippen molar-refractivity contribution in [3.8, 4) is 34.1 Å². The van der Waals surface area contributed by atoms with Crippen molar-refractivity contribution in [2.24, 2.45) is 0 Å². The Bertz CT molecular complexity index is 1690. The average molecular weight is 484 g/mol. The lowest BCUT2D eigenvalue weighted by molar-refractivity contribution is 0.465. The minimum Gasteiger partial charge on any atom is -0.438 e. The molecule has 3 N–H and O–H groups in total. The number of nitrogens with one attached hydrogen (secondary N) is 1. The number of hydrogen-bond acceptors (Lipinski definition) is 8. The van der Waals surface area contributed by atoms with Crippen LogP contribution in [-0.4, -0.2) is 25.1 Å². The fourth-order valence-corrected chi connectivity index (χ4v) is 4.05. The van der Waals surface area contributed by atoms with Crippen molar-refractivity contribution in [2.45, 2.75) is 0 Å². The highest BCUT2D eigenvalue weighted by atomic mass is 16.5. The number of hydrogen-bond donors (Lipinski definition) is 2. The third kappa shape index (κ3) is 4.63. The van der Waals surface area contributed by atoms with Gasteiger partial charge in [0.2, 0.25) is 11.8 Å². The number of rotatable bonds is 6. The van der Waals surface area contributed by atoms with E-state index in [1.807, 2.05) is 84.9 Å². The predicted molar refractivity (Wildman–Crippen MR) is 144 cm³/mol. The van der Waals surface area contributed by atoms with Crippen molar-refractivity contribution in [3.05, 3.63) is 109 Å². The minimum absolute atomic E-state index is 0.190. The smallest absolute Gasteiger partial charge is 0.228 e. The van der Waals surface area contributed by atoms with Crippen LogP contribution in [0.2, 0.25) is 0 Å². The van der Waals surface area contributed by atoms with Gasteiger partial charge in [0, 0.05) is 34.4 Å². The van der Waals surface area contributed by atoms with Gasteiger partial charge in [-0.05, 0) is 42.5 Å². The maximum absolute atomic E-state index is 6.08. The minimum atomic E-state index is 0.190. The largest absolute Gasteiger partial charge is 0.438 e. The molecule has 0 aliphatic heterocycles. The van der Waals surface area contributed by atoms with E-state index in [2.05, 4.69) is 36.5 Å². The first-order chi connectivity index (χ1) is 18.2. The van der Waals surface area contributed by atoms with Crippen LogP contribution >= 0.6 is 0 Å². The lowest BCUT2D eigenvalue weighted by Gasteiger charge is -2.12. The number of nitrogens with two attached hydrogens (primary N) is 1. The molecule has 0 aliphatic carbocycles. The second-order valence-corrected chi connectivity index (χ2v) is 8.22. The second-order valence-electron chi connectivity index (χ2n) is 8.22. The number of nitrogens with zero attached hydrogens (tertiary/aromatic N) is 5. The molecule has 0 amide bonds. The Morgan fingerprint density at radius 1 is 0.676 bits per heavy atom. The highest BCUT2D eigenvalue weighted by molar-refractivity contribution is 6.00. The summed E-state index contributed by atoms with van der Waals surface area (Å²) >= 11 is 0. The van der Waals surface area contributed by atoms with Crippen LogP contribution < -0.4 is 15.8 Å². The predicted octanol–water partition coefficient (Wildman–Crippen LogP) is 6.27. The number of anilines is 3. The third-order valence-electron chi connectivity index (χ3n) is 5.79. The summed E-state index contributed by atoms with van der Waals surface area (Å²) in [6.45, 7) is 0. The molecule has 37 heavy (non-hydrogen) atoms. The van der Waals surface area contributed by atoms with Gasteiger partial charge in [0.25, 0.3) is 0 Å². The van der Waals surface area contributed by atoms with E-state index in [1.54, 1.807) is 18.5 Å². The van der Waals surface area contributed by atoms with Crippen LogP contribution in [0.3, 0.4) is 0 Å². The standard InChI is InChI=1S/C29H21N7O/c30-29-32-18-16-25(34-29)24-11-6-17-31-28(24)37-21-14-12-20(13-15-21)33-27-23-10-5-4-9-22(23)26(35-36-27)19-7-2-1-3-8-19/h1-18H,(H,33,36)(H2,30,32,34). The molecule has 6 aromatic rings. The van der Waals surface area contributed by atoms with Crippen molar-refractivity contribution < 1.29 is 4.74 Å². The number of aromatic nitrogens is 5. The zero-order chi connectivity index (χ0) is 25.0. The number of benzene rings is 3. The molecule has 0 saturated heterocycles. The lowest BCUT2D eigenvalue weighted by Crippen LogP contribution is -1.99. The Labute approximate surface area is 212 Å². The second kappa shape index (κ2) is 9.71. The van der Waals surface area contributed by atoms with Crippen LogP contribution in [0.4, 0.5) is 17.5 Å². The van der Waals surface area contributed by atoms with E-state index in [1.165, 1.54) is 0 Å². The van der Waals surface area contributed by atoms with Crippen LogP contribution in [0.15, 0.2) is 109 Å². The summed E-state index contributed by atoms with van der Waals surface area (Å²) in [5, 5.41) is 14.4. The summed E-state index contributed by atoms with van der Waals surface area (Å²) < 4.78 is 6.08. The van der Waals surface area contributed by atoms with E-state index in [-0.39, 0.29) is 5.95 Å². The Morgan fingerprint density at radius 3 is 2.27 bits per heavy atom. The van der Waals surface area contributed by atoms with E-state index in [0.29, 0.717) is 23.1 Å². The number of pyridine rings is 1. The summed E-state index contributed by atoms with van der Waals surface area (Å²) in [5.41, 5.74) is 9.84. The molecule has 178 valence electrons. The molecule has 0 unspecified atom stereocenters. The van der Waals surface area contributed by atoms with Crippen LogP contribution in [0.1, 0.15) is 0 Å². The zero-order valence-corrected chi connectivity index (χ0v) is 19.6. The van der Waals surface area contributed by atoms with Gasteiger partial charge in [-0.15, -0.1) is 10.2 Å². The van der Waals surface area contributed by atoms with Crippen LogP contribution in [0, 0.1) is 0 Å². The van der Waals surface area contributed by atoms with Crippen molar-refractivity contribution in [1.82, 2.24) is 25.1 Å². The van der Waals surface area contributed by atoms with E-state index < -0.39 is 0 Å². The van der Waals surface area contributed by atoms with Crippen molar-refractivity contribution in [2.75, 3.05) is 11.1 Å². The SMILES string of the molecule is Nc1nccc(-c2cccnc2Oc2ccc(Nc3nnc(-c4ccccc4)c4ccccc34)cc2)n1. The summed E-state index contributed by atoms with van der Waals surface area (Å²) in [6, 6.07) is 31.2. The summed E-state index contributed by atoms with van der Waals surface area (Å²) in [7, 11) is 0. The summed E-state index contributed by atoms with van der Waals surface area (Å²) in [6.07, 6.45) is 3.27. The number of fused-ring (bicyclic) bond motifs is 1. The van der Waals surface area contributed by atoms with Gasteiger partial charge >= 0.3 is 0 Å². The normalized spacial score (nSPS) is 10.8. The van der Waals surface area contributed by atoms with Gasteiger partial charge in [0.15, 0.2) is 5.82 Å². The first kappa shape index (κ1) is 22.1. The maximum Gasteiger partial charge on any atom is 0.228 e. The molecular formula is C29H21N7O. The Balaban J connectivity index is 1.26. The van der Waals surface area contributed by atoms with E-state index in [4.69, 9.17) is 10.5 Å². The summed E-state index contributed by atoms with van der Waals surface area (Å²) in [5.74, 6) is 1.92. The molecule has 0 fully saturated rings. The molecule has 6 rings (SSSR count). The molecule has 8 heteroatoms. The van der Waals surface area contributed by atoms with Gasteiger partial charge in [0.05, 0.1) is 11.3 Å². The Kier molecular flexibility index (Phi) is 5.80. The highest BCUT2D eigenvalue weighted by Crippen LogP contribution is 2.33. The van der Waals surface area contributed by atoms with E-state index >= 15 is 0 Å². The molecule has 0 bridgehead atoms. The lowest BCUT2D eigenvalue weighted by atomic mass is 10.0. The van der Waals surface area contributed by atoms with Gasteiger partial charge < -0.3 is 15.8 Å². The monoisotopic (exact) mass is 483 g/mol. The quantitative estimate of drug-likeness (QED) is 0.285. The first-order valence-corrected chi connectivity index (χ1v) is 11.6. The van der Waals surface area contributed by atoms with Crippen molar-refractivity contribution in [3.63, 3.8) is 0 Å². The zero-order valence-electron chi connectivity index (χ0n) is 19.6. The Morgan fingerprint density at radius 2 is 1.46 bits per heavy atom.